The van der Waals surface area contributed by atoms with E-state index in [0.717, 1.165) is 31.1 Å². The van der Waals surface area contributed by atoms with E-state index in [-0.39, 0.29) is 18.4 Å². The first-order valence-corrected chi connectivity index (χ1v) is 8.23. The summed E-state index contributed by atoms with van der Waals surface area (Å²) in [4.78, 5) is 4.20. The molecule has 0 aliphatic carbocycles. The van der Waals surface area contributed by atoms with Crippen molar-refractivity contribution in [2.45, 2.75) is 6.04 Å². The number of rotatable bonds is 8. The SMILES string of the molecule is COc1ccccc1OCCNCC1CNNC1c1cccnc1.Cl. The van der Waals surface area contributed by atoms with E-state index in [4.69, 9.17) is 9.47 Å². The molecule has 136 valence electrons. The number of ether oxygens (including phenoxy) is 2. The average molecular weight is 365 g/mol. The fourth-order valence-corrected chi connectivity index (χ4v) is 2.90. The summed E-state index contributed by atoms with van der Waals surface area (Å²) >= 11 is 0. The van der Waals surface area contributed by atoms with Crippen molar-refractivity contribution < 1.29 is 9.47 Å². The predicted molar refractivity (Wildman–Crippen MR) is 100 cm³/mol. The van der Waals surface area contributed by atoms with Crippen molar-refractivity contribution in [3.8, 4) is 11.5 Å². The molecule has 2 heterocycles. The summed E-state index contributed by atoms with van der Waals surface area (Å²) in [6.45, 7) is 3.23. The smallest absolute Gasteiger partial charge is 0.161 e. The van der Waals surface area contributed by atoms with Crippen molar-refractivity contribution in [2.24, 2.45) is 5.92 Å². The van der Waals surface area contributed by atoms with Crippen molar-refractivity contribution in [3.63, 3.8) is 0 Å². The molecule has 2 aromatic rings. The summed E-state index contributed by atoms with van der Waals surface area (Å²) in [5.74, 6) is 2.01. The maximum atomic E-state index is 5.78. The lowest BCUT2D eigenvalue weighted by atomic mass is 9.96. The summed E-state index contributed by atoms with van der Waals surface area (Å²) in [6, 6.07) is 12.1. The molecule has 1 aliphatic rings. The molecule has 25 heavy (non-hydrogen) atoms. The zero-order chi connectivity index (χ0) is 16.6. The highest BCUT2D eigenvalue weighted by Gasteiger charge is 2.27. The van der Waals surface area contributed by atoms with Crippen LogP contribution in [-0.2, 0) is 0 Å². The third kappa shape index (κ3) is 5.31. The van der Waals surface area contributed by atoms with Crippen LogP contribution < -0.4 is 25.6 Å². The van der Waals surface area contributed by atoms with Crippen molar-refractivity contribution in [3.05, 3.63) is 54.4 Å². The molecular weight excluding hydrogens is 340 g/mol. The number of methoxy groups -OCH3 is 1. The van der Waals surface area contributed by atoms with E-state index >= 15 is 0 Å². The molecular formula is C18H25ClN4O2. The number of pyridine rings is 1. The van der Waals surface area contributed by atoms with Gasteiger partial charge in [-0.15, -0.1) is 12.4 Å². The first-order valence-electron chi connectivity index (χ1n) is 8.23. The Bertz CT molecular complexity index is 629. The van der Waals surface area contributed by atoms with E-state index in [0.29, 0.717) is 12.5 Å². The Balaban J connectivity index is 0.00000225. The minimum absolute atomic E-state index is 0. The highest BCUT2D eigenvalue weighted by molar-refractivity contribution is 5.85. The van der Waals surface area contributed by atoms with Gasteiger partial charge in [-0.2, -0.15) is 0 Å². The highest BCUT2D eigenvalue weighted by Crippen LogP contribution is 2.25. The van der Waals surface area contributed by atoms with E-state index in [1.54, 1.807) is 13.3 Å². The molecule has 0 amide bonds. The third-order valence-electron chi connectivity index (χ3n) is 4.15. The highest BCUT2D eigenvalue weighted by atomic mass is 35.5. The Morgan fingerprint density at radius 3 is 2.80 bits per heavy atom. The van der Waals surface area contributed by atoms with Crippen LogP contribution in [0.2, 0.25) is 0 Å². The van der Waals surface area contributed by atoms with Crippen LogP contribution >= 0.6 is 12.4 Å². The molecule has 1 saturated heterocycles. The molecule has 3 rings (SSSR count). The Morgan fingerprint density at radius 2 is 2.04 bits per heavy atom. The number of para-hydroxylation sites is 2. The Kier molecular flexibility index (Phi) is 7.94. The van der Waals surface area contributed by atoms with Gasteiger partial charge in [-0.1, -0.05) is 18.2 Å². The van der Waals surface area contributed by atoms with Crippen LogP contribution in [0.15, 0.2) is 48.8 Å². The molecule has 1 aliphatic heterocycles. The van der Waals surface area contributed by atoms with Gasteiger partial charge in [-0.3, -0.25) is 10.4 Å². The Labute approximate surface area is 154 Å². The molecule has 0 radical (unpaired) electrons. The number of benzene rings is 1. The third-order valence-corrected chi connectivity index (χ3v) is 4.15. The summed E-state index contributed by atoms with van der Waals surface area (Å²) in [5.41, 5.74) is 7.77. The molecule has 2 atom stereocenters. The second kappa shape index (κ2) is 10.2. The van der Waals surface area contributed by atoms with Gasteiger partial charge in [0, 0.05) is 37.9 Å². The summed E-state index contributed by atoms with van der Waals surface area (Å²) in [5, 5.41) is 3.47. The Morgan fingerprint density at radius 1 is 1.20 bits per heavy atom. The lowest BCUT2D eigenvalue weighted by Crippen LogP contribution is -2.31. The number of hydrazine groups is 1. The topological polar surface area (TPSA) is 67.4 Å². The molecule has 2 unspecified atom stereocenters. The molecule has 0 spiro atoms. The predicted octanol–water partition coefficient (Wildman–Crippen LogP) is 1.95. The molecule has 6 nitrogen and oxygen atoms in total. The lowest BCUT2D eigenvalue weighted by molar-refractivity contribution is 0.288. The van der Waals surface area contributed by atoms with Crippen LogP contribution in [-0.4, -0.2) is 38.3 Å². The van der Waals surface area contributed by atoms with Crippen LogP contribution in [0.4, 0.5) is 0 Å². The second-order valence-corrected chi connectivity index (χ2v) is 5.75. The van der Waals surface area contributed by atoms with E-state index in [9.17, 15) is 0 Å². The van der Waals surface area contributed by atoms with Gasteiger partial charge in [0.1, 0.15) is 6.61 Å². The molecule has 1 fully saturated rings. The van der Waals surface area contributed by atoms with Gasteiger partial charge in [0.2, 0.25) is 0 Å². The number of hydrogen-bond donors (Lipinski definition) is 3. The largest absolute Gasteiger partial charge is 0.493 e. The monoisotopic (exact) mass is 364 g/mol. The molecule has 0 saturated carbocycles. The van der Waals surface area contributed by atoms with E-state index in [2.05, 4.69) is 27.2 Å². The van der Waals surface area contributed by atoms with E-state index in [1.165, 1.54) is 5.56 Å². The minimum atomic E-state index is 0. The quantitative estimate of drug-likeness (QED) is 0.622. The van der Waals surface area contributed by atoms with Crippen LogP contribution in [0, 0.1) is 5.92 Å². The molecule has 7 heteroatoms. The Hall–Kier alpha value is -1.86. The van der Waals surface area contributed by atoms with Crippen LogP contribution in [0.3, 0.4) is 0 Å². The zero-order valence-electron chi connectivity index (χ0n) is 14.3. The van der Waals surface area contributed by atoms with Crippen LogP contribution in [0.25, 0.3) is 0 Å². The minimum Gasteiger partial charge on any atom is -0.493 e. The number of hydrogen-bond acceptors (Lipinski definition) is 6. The van der Waals surface area contributed by atoms with Crippen molar-refractivity contribution in [1.29, 1.82) is 0 Å². The number of nitrogens with one attached hydrogen (secondary N) is 3. The molecule has 1 aromatic carbocycles. The number of aromatic nitrogens is 1. The van der Waals surface area contributed by atoms with Gasteiger partial charge in [-0.25, -0.2) is 5.43 Å². The van der Waals surface area contributed by atoms with Crippen LogP contribution in [0.5, 0.6) is 11.5 Å². The molecule has 0 bridgehead atoms. The number of nitrogens with zero attached hydrogens (tertiary/aromatic N) is 1. The maximum absolute atomic E-state index is 5.78. The van der Waals surface area contributed by atoms with Crippen molar-refractivity contribution >= 4 is 12.4 Å². The molecule has 1 aromatic heterocycles. The average Bonchev–Trinajstić information content (AvgIpc) is 3.11. The maximum Gasteiger partial charge on any atom is 0.161 e. The summed E-state index contributed by atoms with van der Waals surface area (Å²) in [6.07, 6.45) is 3.72. The standard InChI is InChI=1S/C18H24N4O2.ClH/c1-23-16-6-2-3-7-17(16)24-10-9-20-12-15-13-21-22-18(15)14-5-4-8-19-11-14;/h2-8,11,15,18,20-22H,9-10,12-13H2,1H3;1H. The first kappa shape index (κ1) is 19.5. The van der Waals surface area contributed by atoms with Crippen LogP contribution in [0.1, 0.15) is 11.6 Å². The normalized spacial score (nSPS) is 19.2. The lowest BCUT2D eigenvalue weighted by Gasteiger charge is -2.19. The fraction of sp³-hybridized carbons (Fsp3) is 0.389. The van der Waals surface area contributed by atoms with Crippen molar-refractivity contribution in [1.82, 2.24) is 21.2 Å². The zero-order valence-corrected chi connectivity index (χ0v) is 15.1. The summed E-state index contributed by atoms with van der Waals surface area (Å²) in [7, 11) is 1.65. The van der Waals surface area contributed by atoms with Gasteiger partial charge >= 0.3 is 0 Å². The van der Waals surface area contributed by atoms with Gasteiger partial charge in [0.05, 0.1) is 13.2 Å². The number of halogens is 1. The van der Waals surface area contributed by atoms with Crippen molar-refractivity contribution in [2.75, 3.05) is 33.4 Å². The van der Waals surface area contributed by atoms with E-state index in [1.807, 2.05) is 36.5 Å². The van der Waals surface area contributed by atoms with Gasteiger partial charge < -0.3 is 14.8 Å². The summed E-state index contributed by atoms with van der Waals surface area (Å²) < 4.78 is 11.1. The van der Waals surface area contributed by atoms with E-state index < -0.39 is 0 Å². The first-order chi connectivity index (χ1) is 11.9. The fourth-order valence-electron chi connectivity index (χ4n) is 2.90. The van der Waals surface area contributed by atoms with Gasteiger partial charge in [-0.05, 0) is 23.8 Å². The van der Waals surface area contributed by atoms with Gasteiger partial charge in [0.15, 0.2) is 11.5 Å². The van der Waals surface area contributed by atoms with Gasteiger partial charge in [0.25, 0.3) is 0 Å². The molecule has 3 N–H and O–H groups in total. The second-order valence-electron chi connectivity index (χ2n) is 5.75.